The van der Waals surface area contributed by atoms with E-state index in [0.29, 0.717) is 0 Å². The van der Waals surface area contributed by atoms with Gasteiger partial charge in [0.25, 0.3) is 0 Å². The molecule has 0 aliphatic carbocycles. The molecule has 3 rings (SSSR count). The zero-order valence-electron chi connectivity index (χ0n) is 11.6. The van der Waals surface area contributed by atoms with Crippen molar-refractivity contribution < 1.29 is 0 Å². The number of benzene rings is 1. The van der Waals surface area contributed by atoms with E-state index in [-0.39, 0.29) is 6.04 Å². The minimum atomic E-state index is 0.231. The van der Waals surface area contributed by atoms with Gasteiger partial charge in [-0.1, -0.05) is 30.3 Å². The topological polar surface area (TPSA) is 55.6 Å². The maximum Gasteiger partial charge on any atom is 0.161 e. The number of hydrogen-bond acceptors (Lipinski definition) is 4. The minimum Gasteiger partial charge on any atom is -0.313 e. The zero-order chi connectivity index (χ0) is 13.9. The number of hydrogen-bond donors (Lipinski definition) is 1. The van der Waals surface area contributed by atoms with E-state index >= 15 is 0 Å². The van der Waals surface area contributed by atoms with Crippen LogP contribution in [0.1, 0.15) is 17.3 Å². The van der Waals surface area contributed by atoms with Gasteiger partial charge in [0.2, 0.25) is 0 Å². The summed E-state index contributed by atoms with van der Waals surface area (Å²) in [5, 5.41) is 8.63. The standard InChI is InChI=1S/C15H17N5/c1-16-13(11-6-4-3-5-7-11)8-14-12-9-19-20(2)15(12)18-10-17-14/h3-7,9-10,13,16H,8H2,1-2H3. The maximum atomic E-state index is 4.43. The average molecular weight is 267 g/mol. The predicted octanol–water partition coefficient (Wildman–Crippen LogP) is 1.87. The van der Waals surface area contributed by atoms with Crippen molar-refractivity contribution in [2.75, 3.05) is 7.05 Å². The van der Waals surface area contributed by atoms with E-state index in [1.54, 1.807) is 11.0 Å². The lowest BCUT2D eigenvalue weighted by atomic mass is 10.0. The van der Waals surface area contributed by atoms with Crippen molar-refractivity contribution in [3.63, 3.8) is 0 Å². The van der Waals surface area contributed by atoms with Crippen LogP contribution >= 0.6 is 0 Å². The molecule has 2 heterocycles. The molecule has 102 valence electrons. The Kier molecular flexibility index (Phi) is 3.43. The monoisotopic (exact) mass is 267 g/mol. The Balaban J connectivity index is 1.96. The Morgan fingerprint density at radius 1 is 1.20 bits per heavy atom. The van der Waals surface area contributed by atoms with E-state index < -0.39 is 0 Å². The van der Waals surface area contributed by atoms with Gasteiger partial charge >= 0.3 is 0 Å². The fraction of sp³-hybridized carbons (Fsp3) is 0.267. The second kappa shape index (κ2) is 5.38. The molecule has 3 aromatic rings. The molecule has 0 aliphatic rings. The fourth-order valence-corrected chi connectivity index (χ4v) is 2.44. The van der Waals surface area contributed by atoms with Crippen molar-refractivity contribution in [2.45, 2.75) is 12.5 Å². The molecule has 0 fully saturated rings. The number of aryl methyl sites for hydroxylation is 1. The molecule has 0 bridgehead atoms. The number of rotatable bonds is 4. The first-order valence-electron chi connectivity index (χ1n) is 6.63. The number of aromatic nitrogens is 4. The van der Waals surface area contributed by atoms with Gasteiger partial charge in [-0.05, 0) is 12.6 Å². The van der Waals surface area contributed by atoms with E-state index in [2.05, 4.69) is 44.6 Å². The second-order valence-corrected chi connectivity index (χ2v) is 4.78. The summed E-state index contributed by atoms with van der Waals surface area (Å²) in [4.78, 5) is 8.71. The number of nitrogens with zero attached hydrogens (tertiary/aromatic N) is 4. The van der Waals surface area contributed by atoms with E-state index in [1.807, 2.05) is 26.4 Å². The molecule has 20 heavy (non-hydrogen) atoms. The fourth-order valence-electron chi connectivity index (χ4n) is 2.44. The normalized spacial score (nSPS) is 12.7. The molecule has 2 aromatic heterocycles. The van der Waals surface area contributed by atoms with Gasteiger partial charge in [0, 0.05) is 19.5 Å². The molecule has 0 amide bonds. The van der Waals surface area contributed by atoms with Crippen molar-refractivity contribution in [3.05, 3.63) is 54.1 Å². The van der Waals surface area contributed by atoms with Crippen LogP contribution in [0.2, 0.25) is 0 Å². The van der Waals surface area contributed by atoms with E-state index in [0.717, 1.165) is 23.1 Å². The highest BCUT2D eigenvalue weighted by Crippen LogP contribution is 2.21. The van der Waals surface area contributed by atoms with E-state index in [1.165, 1.54) is 5.56 Å². The van der Waals surface area contributed by atoms with Gasteiger partial charge in [-0.15, -0.1) is 0 Å². The van der Waals surface area contributed by atoms with Gasteiger partial charge < -0.3 is 5.32 Å². The highest BCUT2D eigenvalue weighted by Gasteiger charge is 2.14. The SMILES string of the molecule is CNC(Cc1ncnc2c1cnn2C)c1ccccc1. The number of likely N-dealkylation sites (N-methyl/N-ethyl adjacent to an activating group) is 1. The molecule has 5 heteroatoms. The van der Waals surface area contributed by atoms with Crippen LogP contribution in [0.25, 0.3) is 11.0 Å². The van der Waals surface area contributed by atoms with Gasteiger partial charge in [0.1, 0.15) is 6.33 Å². The van der Waals surface area contributed by atoms with Crippen LogP contribution in [0.3, 0.4) is 0 Å². The molecule has 1 N–H and O–H groups in total. The van der Waals surface area contributed by atoms with Crippen molar-refractivity contribution in [1.29, 1.82) is 0 Å². The Morgan fingerprint density at radius 3 is 2.75 bits per heavy atom. The zero-order valence-corrected chi connectivity index (χ0v) is 11.6. The number of fused-ring (bicyclic) bond motifs is 1. The van der Waals surface area contributed by atoms with Crippen molar-refractivity contribution in [2.24, 2.45) is 7.05 Å². The van der Waals surface area contributed by atoms with Crippen molar-refractivity contribution in [1.82, 2.24) is 25.1 Å². The molecular formula is C15H17N5. The molecule has 0 spiro atoms. The summed E-state index contributed by atoms with van der Waals surface area (Å²) in [6, 6.07) is 10.6. The largest absolute Gasteiger partial charge is 0.313 e. The highest BCUT2D eigenvalue weighted by molar-refractivity contribution is 5.76. The highest BCUT2D eigenvalue weighted by atomic mass is 15.3. The van der Waals surface area contributed by atoms with Crippen molar-refractivity contribution in [3.8, 4) is 0 Å². The molecular weight excluding hydrogens is 250 g/mol. The van der Waals surface area contributed by atoms with Crippen LogP contribution in [0.4, 0.5) is 0 Å². The Hall–Kier alpha value is -2.27. The average Bonchev–Trinajstić information content (AvgIpc) is 2.88. The van der Waals surface area contributed by atoms with Gasteiger partial charge in [-0.2, -0.15) is 5.10 Å². The summed E-state index contributed by atoms with van der Waals surface area (Å²) in [6.45, 7) is 0. The van der Waals surface area contributed by atoms with Crippen LogP contribution in [-0.4, -0.2) is 26.8 Å². The first-order valence-corrected chi connectivity index (χ1v) is 6.63. The van der Waals surface area contributed by atoms with Crippen LogP contribution in [0.5, 0.6) is 0 Å². The molecule has 0 saturated heterocycles. The summed E-state index contributed by atoms with van der Waals surface area (Å²) in [5.41, 5.74) is 3.15. The Bertz CT molecular complexity index is 705. The summed E-state index contributed by atoms with van der Waals surface area (Å²) < 4.78 is 1.78. The molecule has 0 saturated carbocycles. The molecule has 0 aliphatic heterocycles. The lowest BCUT2D eigenvalue weighted by Gasteiger charge is -2.16. The lowest BCUT2D eigenvalue weighted by molar-refractivity contribution is 0.586. The van der Waals surface area contributed by atoms with Crippen LogP contribution in [0.15, 0.2) is 42.9 Å². The summed E-state index contributed by atoms with van der Waals surface area (Å²) in [6.07, 6.45) is 4.25. The maximum absolute atomic E-state index is 4.43. The summed E-state index contributed by atoms with van der Waals surface area (Å²) in [5.74, 6) is 0. The Labute approximate surface area is 117 Å². The predicted molar refractivity (Wildman–Crippen MR) is 78.3 cm³/mol. The summed E-state index contributed by atoms with van der Waals surface area (Å²) >= 11 is 0. The molecule has 1 aromatic carbocycles. The molecule has 1 atom stereocenters. The third-order valence-corrected chi connectivity index (χ3v) is 3.56. The third kappa shape index (κ3) is 2.28. The lowest BCUT2D eigenvalue weighted by Crippen LogP contribution is -2.19. The van der Waals surface area contributed by atoms with Crippen LogP contribution in [-0.2, 0) is 13.5 Å². The number of nitrogens with one attached hydrogen (secondary N) is 1. The Morgan fingerprint density at radius 2 is 2.00 bits per heavy atom. The summed E-state index contributed by atoms with van der Waals surface area (Å²) in [7, 11) is 3.87. The quantitative estimate of drug-likeness (QED) is 0.784. The van der Waals surface area contributed by atoms with E-state index in [4.69, 9.17) is 0 Å². The first kappa shape index (κ1) is 12.7. The van der Waals surface area contributed by atoms with Gasteiger partial charge in [0.05, 0.1) is 17.3 Å². The van der Waals surface area contributed by atoms with E-state index in [9.17, 15) is 0 Å². The third-order valence-electron chi connectivity index (χ3n) is 3.56. The van der Waals surface area contributed by atoms with Gasteiger partial charge in [-0.3, -0.25) is 4.68 Å². The van der Waals surface area contributed by atoms with Gasteiger partial charge in [0.15, 0.2) is 5.65 Å². The van der Waals surface area contributed by atoms with Crippen LogP contribution < -0.4 is 5.32 Å². The first-order chi connectivity index (χ1) is 9.79. The minimum absolute atomic E-state index is 0.231. The molecule has 1 unspecified atom stereocenters. The molecule has 5 nitrogen and oxygen atoms in total. The van der Waals surface area contributed by atoms with Crippen LogP contribution in [0, 0.1) is 0 Å². The van der Waals surface area contributed by atoms with Gasteiger partial charge in [-0.25, -0.2) is 9.97 Å². The molecule has 0 radical (unpaired) electrons. The van der Waals surface area contributed by atoms with Crippen molar-refractivity contribution >= 4 is 11.0 Å². The smallest absolute Gasteiger partial charge is 0.161 e. The second-order valence-electron chi connectivity index (χ2n) is 4.78.